The van der Waals surface area contributed by atoms with E-state index in [9.17, 15) is 29.7 Å². The first-order chi connectivity index (χ1) is 19.6. The van der Waals surface area contributed by atoms with E-state index in [4.69, 9.17) is 14.2 Å². The number of ether oxygens (including phenoxy) is 3. The Balaban J connectivity index is 0.00000221. The SMILES string of the molecule is CC1=C2C(O)C(=O)C3(C)C(C)CC4OCC4(O)C3C(C)C(O)(CC1OC(=O)[C@@H]1OC(=O)CC1c1ccccc1)C2(C)C.[Ac].[Ac]. The summed E-state index contributed by atoms with van der Waals surface area (Å²) in [6, 6.07) is 9.16. The number of carbonyl (C=O) groups is 3. The molecule has 2 radical (unpaired) electrons. The van der Waals surface area contributed by atoms with Gasteiger partial charge in [-0.05, 0) is 41.9 Å². The number of hydrogen-bond donors (Lipinski definition) is 3. The molecule has 1 aromatic carbocycles. The molecular weight excluding hydrogens is 994 g/mol. The first-order valence-corrected chi connectivity index (χ1v) is 15.0. The first-order valence-electron chi connectivity index (χ1n) is 15.0. The van der Waals surface area contributed by atoms with Crippen molar-refractivity contribution in [1.29, 1.82) is 0 Å². The zero-order valence-electron chi connectivity index (χ0n) is 26.3. The van der Waals surface area contributed by atoms with Crippen LogP contribution in [0.3, 0.4) is 0 Å². The van der Waals surface area contributed by atoms with E-state index in [2.05, 4.69) is 0 Å². The summed E-state index contributed by atoms with van der Waals surface area (Å²) in [5, 5.41) is 36.5. The molecule has 2 bridgehead atoms. The Hall–Kier alpha value is 0.293. The Kier molecular flexibility index (Phi) is 10.7. The van der Waals surface area contributed by atoms with E-state index >= 15 is 0 Å². The number of Topliss-reactive ketones (excluding diaryl/α,β-unsaturated/α-hetero) is 1. The molecule has 234 valence electrons. The molecular formula is C33H42Ac2O9. The van der Waals surface area contributed by atoms with Crippen LogP contribution >= 0.6 is 0 Å². The van der Waals surface area contributed by atoms with Crippen molar-refractivity contribution in [2.45, 2.75) is 102 Å². The molecule has 1 aromatic rings. The molecule has 2 aliphatic heterocycles. The van der Waals surface area contributed by atoms with Crippen LogP contribution in [0.2, 0.25) is 0 Å². The number of carbonyl (C=O) groups excluding carboxylic acids is 3. The topological polar surface area (TPSA) is 140 Å². The number of hydrogen-bond acceptors (Lipinski definition) is 9. The van der Waals surface area contributed by atoms with Crippen LogP contribution in [0, 0.1) is 117 Å². The van der Waals surface area contributed by atoms with Crippen LogP contribution in [0.5, 0.6) is 0 Å². The van der Waals surface area contributed by atoms with E-state index in [-0.39, 0.29) is 113 Å². The fourth-order valence-electron chi connectivity index (χ4n) is 9.38. The fourth-order valence-corrected chi connectivity index (χ4v) is 9.38. The standard InChI is InChI=1S/C33H42O9.2Ac/c1-16-12-22-32(38,15-40-22)27-18(3)33(39)14-21(17(2)24(30(33,4)5)25(35)28(36)31(16,27)6)41-29(37)26-20(13-23(34)42-26)19-10-8-7-9-11-19;;/h7-11,16,18,20-22,25-27,35,38-39H,12-15H2,1-6H3;;/t16?,18?,20?,21?,22?,25?,26-,27?,31?,32?,33?;;/m1../s1. The minimum absolute atomic E-state index is 0. The Labute approximate surface area is 330 Å². The van der Waals surface area contributed by atoms with Crippen molar-refractivity contribution in [3.8, 4) is 0 Å². The maximum absolute atomic E-state index is 14.4. The van der Waals surface area contributed by atoms with E-state index in [1.165, 1.54) is 0 Å². The summed E-state index contributed by atoms with van der Waals surface area (Å²) in [4.78, 5) is 40.3. The first kappa shape index (κ1) is 37.1. The van der Waals surface area contributed by atoms with Crippen LogP contribution in [0.15, 0.2) is 41.5 Å². The van der Waals surface area contributed by atoms with Crippen molar-refractivity contribution >= 4 is 17.7 Å². The summed E-state index contributed by atoms with van der Waals surface area (Å²) >= 11 is 0. The van der Waals surface area contributed by atoms with Gasteiger partial charge in [-0.3, -0.25) is 9.59 Å². The second kappa shape index (κ2) is 12.6. The molecule has 3 aliphatic carbocycles. The Morgan fingerprint density at radius 1 is 1.05 bits per heavy atom. The molecule has 11 heteroatoms. The number of rotatable bonds is 3. The minimum atomic E-state index is -1.58. The van der Waals surface area contributed by atoms with Gasteiger partial charge in [0.25, 0.3) is 0 Å². The van der Waals surface area contributed by atoms with Gasteiger partial charge >= 0.3 is 11.9 Å². The van der Waals surface area contributed by atoms with Crippen molar-refractivity contribution in [2.75, 3.05) is 6.61 Å². The Morgan fingerprint density at radius 2 is 1.68 bits per heavy atom. The number of aliphatic hydroxyl groups is 3. The Bertz CT molecular complexity index is 1360. The third-order valence-electron chi connectivity index (χ3n) is 12.0. The monoisotopic (exact) mass is 1040 g/mol. The average molecular weight is 1040 g/mol. The quantitative estimate of drug-likeness (QED) is 0.309. The second-order valence-electron chi connectivity index (χ2n) is 14.2. The van der Waals surface area contributed by atoms with Gasteiger partial charge in [-0.25, -0.2) is 4.79 Å². The molecule has 9 nitrogen and oxygen atoms in total. The number of aliphatic hydroxyl groups excluding tert-OH is 1. The maximum atomic E-state index is 14.4. The van der Waals surface area contributed by atoms with Crippen molar-refractivity contribution in [2.24, 2.45) is 28.6 Å². The molecule has 6 rings (SSSR count). The molecule has 3 N–H and O–H groups in total. The van der Waals surface area contributed by atoms with Crippen LogP contribution < -0.4 is 0 Å². The van der Waals surface area contributed by atoms with Gasteiger partial charge in [0.05, 0.1) is 24.7 Å². The summed E-state index contributed by atoms with van der Waals surface area (Å²) in [7, 11) is 0. The van der Waals surface area contributed by atoms with E-state index in [1.807, 2.05) is 44.2 Å². The fraction of sp³-hybridized carbons (Fsp3) is 0.667. The molecule has 11 atom stereocenters. The molecule has 5 aliphatic rings. The van der Waals surface area contributed by atoms with Gasteiger partial charge in [0.15, 0.2) is 5.78 Å². The third kappa shape index (κ3) is 5.15. The van der Waals surface area contributed by atoms with Crippen molar-refractivity contribution in [3.05, 3.63) is 47.0 Å². The summed E-state index contributed by atoms with van der Waals surface area (Å²) < 4.78 is 17.2. The van der Waals surface area contributed by atoms with Gasteiger partial charge in [-0.15, -0.1) is 0 Å². The number of fused-ring (bicyclic) bond motifs is 5. The number of cyclic esters (lactones) is 1. The van der Waals surface area contributed by atoms with Crippen LogP contribution in [-0.4, -0.2) is 75.3 Å². The van der Waals surface area contributed by atoms with E-state index in [0.29, 0.717) is 17.6 Å². The molecule has 2 heterocycles. The Morgan fingerprint density at radius 3 is 2.27 bits per heavy atom. The predicted molar refractivity (Wildman–Crippen MR) is 150 cm³/mol. The minimum Gasteiger partial charge on any atom is -0.455 e. The zero-order valence-corrected chi connectivity index (χ0v) is 35.8. The third-order valence-corrected chi connectivity index (χ3v) is 12.0. The predicted octanol–water partition coefficient (Wildman–Crippen LogP) is 2.85. The van der Waals surface area contributed by atoms with Crippen LogP contribution in [0.4, 0.5) is 0 Å². The second-order valence-corrected chi connectivity index (χ2v) is 14.2. The van der Waals surface area contributed by atoms with Crippen molar-refractivity contribution in [1.82, 2.24) is 0 Å². The van der Waals surface area contributed by atoms with Gasteiger partial charge in [0, 0.05) is 117 Å². The molecule has 2 saturated heterocycles. The normalized spacial score (nSPS) is 43.9. The van der Waals surface area contributed by atoms with Gasteiger partial charge in [0.2, 0.25) is 6.10 Å². The van der Waals surface area contributed by atoms with Crippen LogP contribution in [0.1, 0.15) is 72.3 Å². The zero-order chi connectivity index (χ0) is 30.6. The molecule has 0 aromatic heterocycles. The van der Waals surface area contributed by atoms with Crippen LogP contribution in [-0.2, 0) is 28.6 Å². The summed E-state index contributed by atoms with van der Waals surface area (Å²) in [6.45, 7) is 11.0. The number of esters is 2. The molecule has 10 unspecified atom stereocenters. The summed E-state index contributed by atoms with van der Waals surface area (Å²) in [6.07, 6.45) is -3.69. The van der Waals surface area contributed by atoms with Gasteiger partial charge in [-0.1, -0.05) is 65.0 Å². The van der Waals surface area contributed by atoms with Crippen molar-refractivity contribution in [3.63, 3.8) is 0 Å². The molecule has 0 spiro atoms. The van der Waals surface area contributed by atoms with Crippen LogP contribution in [0.25, 0.3) is 0 Å². The molecule has 4 fully saturated rings. The average Bonchev–Trinajstić information content (AvgIpc) is 3.34. The van der Waals surface area contributed by atoms with E-state index < -0.39 is 81.9 Å². The van der Waals surface area contributed by atoms with Gasteiger partial charge < -0.3 is 29.5 Å². The van der Waals surface area contributed by atoms with E-state index in [0.717, 1.165) is 5.56 Å². The van der Waals surface area contributed by atoms with Crippen molar-refractivity contribution < 1.29 is 132 Å². The molecule has 44 heavy (non-hydrogen) atoms. The van der Waals surface area contributed by atoms with E-state index in [1.54, 1.807) is 27.7 Å². The largest absolute Gasteiger partial charge is 0.455 e. The summed E-state index contributed by atoms with van der Waals surface area (Å²) in [5.74, 6) is -3.74. The number of benzene rings is 1. The molecule has 2 saturated carbocycles. The maximum Gasteiger partial charge on any atom is 0.348 e. The number of ketones is 1. The van der Waals surface area contributed by atoms with Gasteiger partial charge in [-0.2, -0.15) is 0 Å². The smallest absolute Gasteiger partial charge is 0.348 e. The van der Waals surface area contributed by atoms with Gasteiger partial charge in [0.1, 0.15) is 17.8 Å². The summed E-state index contributed by atoms with van der Waals surface area (Å²) in [5.41, 5.74) is -3.55. The molecule has 0 amide bonds.